The zero-order valence-electron chi connectivity index (χ0n) is 11.9. The second-order valence-corrected chi connectivity index (χ2v) is 5.94. The topological polar surface area (TPSA) is 95.5 Å². The van der Waals surface area contributed by atoms with Crippen LogP contribution in [0.15, 0.2) is 29.2 Å². The maximum absolute atomic E-state index is 12.1. The second kappa shape index (κ2) is 7.78. The third kappa shape index (κ3) is 5.19. The zero-order valence-corrected chi connectivity index (χ0v) is 12.7. The van der Waals surface area contributed by atoms with E-state index in [0.717, 1.165) is 0 Å². The molecule has 1 aromatic rings. The SMILES string of the molecule is CCNC(=O)C(C)NS(=O)(=O)c1ccc(C#CCO)cc1. The van der Waals surface area contributed by atoms with E-state index < -0.39 is 16.1 Å². The number of carbonyl (C=O) groups is 1. The minimum Gasteiger partial charge on any atom is -0.384 e. The molecule has 0 radical (unpaired) electrons. The highest BCUT2D eigenvalue weighted by Gasteiger charge is 2.21. The lowest BCUT2D eigenvalue weighted by molar-refractivity contribution is -0.122. The van der Waals surface area contributed by atoms with Gasteiger partial charge in [0.2, 0.25) is 15.9 Å². The Morgan fingerprint density at radius 3 is 2.48 bits per heavy atom. The molecular formula is C14H18N2O4S. The van der Waals surface area contributed by atoms with E-state index in [0.29, 0.717) is 12.1 Å². The summed E-state index contributed by atoms with van der Waals surface area (Å²) < 4.78 is 26.5. The van der Waals surface area contributed by atoms with Crippen LogP contribution in [0.1, 0.15) is 19.4 Å². The molecule has 0 bridgehead atoms. The third-order valence-electron chi connectivity index (χ3n) is 2.55. The van der Waals surface area contributed by atoms with Gasteiger partial charge in [0.1, 0.15) is 6.61 Å². The van der Waals surface area contributed by atoms with Gasteiger partial charge in [-0.3, -0.25) is 4.79 Å². The summed E-state index contributed by atoms with van der Waals surface area (Å²) in [5.74, 6) is 4.76. The molecule has 0 fully saturated rings. The molecule has 0 aliphatic heterocycles. The van der Waals surface area contributed by atoms with Crippen LogP contribution in [0.5, 0.6) is 0 Å². The van der Waals surface area contributed by atoms with Crippen molar-refractivity contribution in [1.29, 1.82) is 0 Å². The largest absolute Gasteiger partial charge is 0.384 e. The first kappa shape index (κ1) is 17.2. The van der Waals surface area contributed by atoms with E-state index in [1.54, 1.807) is 6.92 Å². The maximum atomic E-state index is 12.1. The number of aliphatic hydroxyl groups excluding tert-OH is 1. The molecule has 1 aromatic carbocycles. The van der Waals surface area contributed by atoms with Crippen LogP contribution in [0, 0.1) is 11.8 Å². The van der Waals surface area contributed by atoms with Gasteiger partial charge in [0.25, 0.3) is 0 Å². The average Bonchev–Trinajstić information content (AvgIpc) is 2.45. The fourth-order valence-electron chi connectivity index (χ4n) is 1.54. The maximum Gasteiger partial charge on any atom is 0.241 e. The summed E-state index contributed by atoms with van der Waals surface area (Å²) in [5.41, 5.74) is 0.597. The average molecular weight is 310 g/mol. The Balaban J connectivity index is 2.85. The van der Waals surface area contributed by atoms with Crippen LogP contribution in [-0.4, -0.2) is 38.6 Å². The van der Waals surface area contributed by atoms with Gasteiger partial charge in [0, 0.05) is 12.1 Å². The third-order valence-corrected chi connectivity index (χ3v) is 4.11. The van der Waals surface area contributed by atoms with Crippen molar-refractivity contribution in [3.05, 3.63) is 29.8 Å². The van der Waals surface area contributed by atoms with Crippen LogP contribution in [0.3, 0.4) is 0 Å². The molecule has 0 aliphatic rings. The number of benzene rings is 1. The van der Waals surface area contributed by atoms with Crippen molar-refractivity contribution < 1.29 is 18.3 Å². The Kier molecular flexibility index (Phi) is 6.37. The lowest BCUT2D eigenvalue weighted by Crippen LogP contribution is -2.44. The van der Waals surface area contributed by atoms with Gasteiger partial charge in [-0.1, -0.05) is 11.8 Å². The van der Waals surface area contributed by atoms with Crippen LogP contribution in [0.4, 0.5) is 0 Å². The Morgan fingerprint density at radius 2 is 1.95 bits per heavy atom. The summed E-state index contributed by atoms with van der Waals surface area (Å²) >= 11 is 0. The van der Waals surface area contributed by atoms with E-state index in [9.17, 15) is 13.2 Å². The first-order valence-corrected chi connectivity index (χ1v) is 7.89. The van der Waals surface area contributed by atoms with Crippen LogP contribution >= 0.6 is 0 Å². The van der Waals surface area contributed by atoms with Crippen LogP contribution < -0.4 is 10.0 Å². The number of hydrogen-bond acceptors (Lipinski definition) is 4. The number of amides is 1. The molecule has 7 heteroatoms. The molecule has 0 saturated heterocycles. The van der Waals surface area contributed by atoms with Crippen molar-refractivity contribution >= 4 is 15.9 Å². The normalized spacial score (nSPS) is 12.1. The van der Waals surface area contributed by atoms with Crippen LogP contribution in [0.25, 0.3) is 0 Å². The van der Waals surface area contributed by atoms with Crippen LogP contribution in [0.2, 0.25) is 0 Å². The first-order valence-electron chi connectivity index (χ1n) is 6.40. The van der Waals surface area contributed by atoms with E-state index in [2.05, 4.69) is 21.9 Å². The van der Waals surface area contributed by atoms with Gasteiger partial charge in [0.15, 0.2) is 0 Å². The summed E-state index contributed by atoms with van der Waals surface area (Å²) in [6.45, 7) is 3.41. The molecule has 21 heavy (non-hydrogen) atoms. The number of aliphatic hydroxyl groups is 1. The highest BCUT2D eigenvalue weighted by atomic mass is 32.2. The molecule has 0 aromatic heterocycles. The Morgan fingerprint density at radius 1 is 1.33 bits per heavy atom. The van der Waals surface area contributed by atoms with Gasteiger partial charge in [-0.05, 0) is 38.1 Å². The predicted molar refractivity (Wildman–Crippen MR) is 78.9 cm³/mol. The molecule has 3 N–H and O–H groups in total. The molecule has 0 heterocycles. The summed E-state index contributed by atoms with van der Waals surface area (Å²) in [6.07, 6.45) is 0. The molecule has 0 spiro atoms. The van der Waals surface area contributed by atoms with Crippen molar-refractivity contribution in [3.8, 4) is 11.8 Å². The van der Waals surface area contributed by atoms with Crippen molar-refractivity contribution in [3.63, 3.8) is 0 Å². The Labute approximate surface area is 124 Å². The van der Waals surface area contributed by atoms with E-state index >= 15 is 0 Å². The van der Waals surface area contributed by atoms with Crippen molar-refractivity contribution in [2.75, 3.05) is 13.2 Å². The Hall–Kier alpha value is -1.88. The highest BCUT2D eigenvalue weighted by Crippen LogP contribution is 2.10. The van der Waals surface area contributed by atoms with E-state index in [1.807, 2.05) is 0 Å². The number of rotatable bonds is 5. The van der Waals surface area contributed by atoms with E-state index in [-0.39, 0.29) is 17.4 Å². The molecule has 1 rings (SSSR count). The fourth-order valence-corrected chi connectivity index (χ4v) is 2.74. The fraction of sp³-hybridized carbons (Fsp3) is 0.357. The van der Waals surface area contributed by atoms with Gasteiger partial charge in [0.05, 0.1) is 10.9 Å². The quantitative estimate of drug-likeness (QED) is 0.658. The van der Waals surface area contributed by atoms with E-state index in [1.165, 1.54) is 31.2 Å². The molecule has 0 saturated carbocycles. The predicted octanol–water partition coefficient (Wildman–Crippen LogP) is -0.167. The number of carbonyl (C=O) groups excluding carboxylic acids is 1. The molecule has 0 aliphatic carbocycles. The second-order valence-electron chi connectivity index (χ2n) is 4.22. The first-order chi connectivity index (χ1) is 9.90. The number of sulfonamides is 1. The van der Waals surface area contributed by atoms with Gasteiger partial charge in [-0.2, -0.15) is 4.72 Å². The molecule has 6 nitrogen and oxygen atoms in total. The summed E-state index contributed by atoms with van der Waals surface area (Å²) in [4.78, 5) is 11.6. The van der Waals surface area contributed by atoms with E-state index in [4.69, 9.17) is 5.11 Å². The number of likely N-dealkylation sites (N-methyl/N-ethyl adjacent to an activating group) is 1. The summed E-state index contributed by atoms with van der Waals surface area (Å²) in [5, 5.41) is 11.1. The lowest BCUT2D eigenvalue weighted by Gasteiger charge is -2.13. The number of hydrogen-bond donors (Lipinski definition) is 3. The van der Waals surface area contributed by atoms with Gasteiger partial charge < -0.3 is 10.4 Å². The van der Waals surface area contributed by atoms with Crippen molar-refractivity contribution in [1.82, 2.24) is 10.0 Å². The summed E-state index contributed by atoms with van der Waals surface area (Å²) in [6, 6.07) is 5.01. The molecule has 1 atom stereocenters. The molecule has 114 valence electrons. The summed E-state index contributed by atoms with van der Waals surface area (Å²) in [7, 11) is -3.77. The minimum absolute atomic E-state index is 0.0493. The molecule has 1 unspecified atom stereocenters. The Bertz CT molecular complexity index is 642. The van der Waals surface area contributed by atoms with Crippen molar-refractivity contribution in [2.45, 2.75) is 24.8 Å². The molecular weight excluding hydrogens is 292 g/mol. The lowest BCUT2D eigenvalue weighted by atomic mass is 10.2. The van der Waals surface area contributed by atoms with Gasteiger partial charge in [-0.15, -0.1) is 0 Å². The highest BCUT2D eigenvalue weighted by molar-refractivity contribution is 7.89. The minimum atomic E-state index is -3.77. The standard InChI is InChI=1S/C14H18N2O4S/c1-3-15-14(18)11(2)16-21(19,20)13-8-6-12(7-9-13)5-4-10-17/h6-9,11,16-17H,3,10H2,1-2H3,(H,15,18). The van der Waals surface area contributed by atoms with Crippen molar-refractivity contribution in [2.24, 2.45) is 0 Å². The molecule has 1 amide bonds. The van der Waals surface area contributed by atoms with Gasteiger partial charge >= 0.3 is 0 Å². The zero-order chi connectivity index (χ0) is 15.9. The number of nitrogens with one attached hydrogen (secondary N) is 2. The smallest absolute Gasteiger partial charge is 0.241 e. The van der Waals surface area contributed by atoms with Crippen LogP contribution in [-0.2, 0) is 14.8 Å². The monoisotopic (exact) mass is 310 g/mol. The van der Waals surface area contributed by atoms with Gasteiger partial charge in [-0.25, -0.2) is 8.42 Å².